The third kappa shape index (κ3) is 1.57. The highest BCUT2D eigenvalue weighted by Crippen LogP contribution is 2.24. The third-order valence-corrected chi connectivity index (χ3v) is 3.14. The van der Waals surface area contributed by atoms with Crippen LogP contribution in [0.25, 0.3) is 33.5 Å². The van der Waals surface area contributed by atoms with Crippen molar-refractivity contribution in [1.29, 1.82) is 0 Å². The molecule has 4 rings (SSSR count). The first-order valence-corrected chi connectivity index (χ1v) is 6.07. The Morgan fingerprint density at radius 1 is 0.789 bits per heavy atom. The van der Waals surface area contributed by atoms with Gasteiger partial charge < -0.3 is 4.98 Å². The Balaban J connectivity index is 2.04. The van der Waals surface area contributed by atoms with Crippen molar-refractivity contribution >= 4 is 22.1 Å². The molecule has 0 bridgehead atoms. The summed E-state index contributed by atoms with van der Waals surface area (Å²) in [6.07, 6.45) is 3.39. The van der Waals surface area contributed by atoms with E-state index in [1.54, 1.807) is 12.4 Å². The molecule has 0 saturated carbocycles. The van der Waals surface area contributed by atoms with Crippen LogP contribution in [0.2, 0.25) is 0 Å². The molecule has 1 N–H and O–H groups in total. The van der Waals surface area contributed by atoms with Crippen LogP contribution in [-0.4, -0.2) is 19.9 Å². The van der Waals surface area contributed by atoms with Gasteiger partial charge in [-0.25, -0.2) is 4.98 Å². The number of nitrogens with zero attached hydrogens (tertiary/aromatic N) is 3. The van der Waals surface area contributed by atoms with Crippen molar-refractivity contribution in [3.63, 3.8) is 0 Å². The largest absolute Gasteiger partial charge is 0.338 e. The van der Waals surface area contributed by atoms with E-state index in [1.165, 1.54) is 0 Å². The molecule has 0 radical (unpaired) electrons. The van der Waals surface area contributed by atoms with E-state index >= 15 is 0 Å². The summed E-state index contributed by atoms with van der Waals surface area (Å²) < 4.78 is 0. The minimum atomic E-state index is 0.832. The summed E-state index contributed by atoms with van der Waals surface area (Å²) in [7, 11) is 0. The summed E-state index contributed by atoms with van der Waals surface area (Å²) in [5.74, 6) is 0.855. The molecule has 4 nitrogen and oxygen atoms in total. The Bertz CT molecular complexity index is 865. The zero-order valence-electron chi connectivity index (χ0n) is 10.0. The smallest absolute Gasteiger partial charge is 0.138 e. The van der Waals surface area contributed by atoms with Crippen LogP contribution in [0.1, 0.15) is 0 Å². The zero-order chi connectivity index (χ0) is 12.7. The van der Waals surface area contributed by atoms with Gasteiger partial charge in [0.25, 0.3) is 0 Å². The predicted molar refractivity (Wildman–Crippen MR) is 74.6 cm³/mol. The number of hydrogen-bond donors (Lipinski definition) is 1. The lowest BCUT2D eigenvalue weighted by Gasteiger charge is -1.94. The Kier molecular flexibility index (Phi) is 2.08. The molecule has 0 aliphatic heterocycles. The molecule has 4 heteroatoms. The summed E-state index contributed by atoms with van der Waals surface area (Å²) in [6, 6.07) is 14.0. The van der Waals surface area contributed by atoms with E-state index in [4.69, 9.17) is 0 Å². The maximum atomic E-state index is 4.65. The Morgan fingerprint density at radius 3 is 2.53 bits per heavy atom. The van der Waals surface area contributed by atoms with Crippen molar-refractivity contribution in [2.45, 2.75) is 0 Å². The lowest BCUT2D eigenvalue weighted by atomic mass is 10.2. The maximum Gasteiger partial charge on any atom is 0.138 e. The summed E-state index contributed by atoms with van der Waals surface area (Å²) >= 11 is 0. The lowest BCUT2D eigenvalue weighted by molar-refractivity contribution is 1.29. The highest BCUT2D eigenvalue weighted by atomic mass is 14.9. The van der Waals surface area contributed by atoms with Crippen molar-refractivity contribution in [3.05, 3.63) is 54.9 Å². The summed E-state index contributed by atoms with van der Waals surface area (Å²) in [4.78, 5) is 16.6. The van der Waals surface area contributed by atoms with Gasteiger partial charge in [-0.2, -0.15) is 0 Å². The van der Waals surface area contributed by atoms with Gasteiger partial charge in [-0.05, 0) is 12.1 Å². The number of hydrogen-bond acceptors (Lipinski definition) is 3. The summed E-state index contributed by atoms with van der Waals surface area (Å²) in [6.45, 7) is 0. The molecule has 2 aromatic heterocycles. The second-order valence-electron chi connectivity index (χ2n) is 4.34. The van der Waals surface area contributed by atoms with Crippen LogP contribution in [0.15, 0.2) is 54.9 Å². The second kappa shape index (κ2) is 3.88. The van der Waals surface area contributed by atoms with Gasteiger partial charge >= 0.3 is 0 Å². The second-order valence-corrected chi connectivity index (χ2v) is 4.34. The van der Waals surface area contributed by atoms with Gasteiger partial charge in [0.2, 0.25) is 0 Å². The summed E-state index contributed by atoms with van der Waals surface area (Å²) in [5, 5.41) is 0. The van der Waals surface area contributed by atoms with Crippen LogP contribution in [0.3, 0.4) is 0 Å². The molecule has 90 valence electrons. The number of H-pyrrole nitrogens is 1. The van der Waals surface area contributed by atoms with E-state index in [0.717, 1.165) is 33.5 Å². The minimum Gasteiger partial charge on any atom is -0.338 e. The molecule has 2 heterocycles. The monoisotopic (exact) mass is 246 g/mol. The molecule has 0 saturated heterocycles. The number of benzene rings is 2. The predicted octanol–water partition coefficient (Wildman–Crippen LogP) is 3.17. The fourth-order valence-corrected chi connectivity index (χ4v) is 2.24. The van der Waals surface area contributed by atoms with Crippen molar-refractivity contribution in [1.82, 2.24) is 19.9 Å². The van der Waals surface area contributed by atoms with Gasteiger partial charge in [-0.3, -0.25) is 9.97 Å². The highest BCUT2D eigenvalue weighted by Gasteiger charge is 2.09. The molecule has 0 aliphatic carbocycles. The number of imidazole rings is 1. The van der Waals surface area contributed by atoms with E-state index in [9.17, 15) is 0 Å². The first-order chi connectivity index (χ1) is 9.42. The molecule has 0 amide bonds. The van der Waals surface area contributed by atoms with Gasteiger partial charge in [0.1, 0.15) is 16.9 Å². The lowest BCUT2D eigenvalue weighted by Crippen LogP contribution is -1.83. The van der Waals surface area contributed by atoms with E-state index in [0.29, 0.717) is 0 Å². The van der Waals surface area contributed by atoms with Crippen molar-refractivity contribution < 1.29 is 0 Å². The van der Waals surface area contributed by atoms with Crippen LogP contribution < -0.4 is 0 Å². The first-order valence-electron chi connectivity index (χ1n) is 6.07. The molecular weight excluding hydrogens is 236 g/mol. The number of aromatic nitrogens is 4. The number of aromatic amines is 1. The van der Waals surface area contributed by atoms with E-state index < -0.39 is 0 Å². The number of nitrogens with one attached hydrogen (secondary N) is 1. The topological polar surface area (TPSA) is 54.5 Å². The van der Waals surface area contributed by atoms with Gasteiger partial charge in [0.05, 0.1) is 11.0 Å². The van der Waals surface area contributed by atoms with Crippen molar-refractivity contribution in [2.75, 3.05) is 0 Å². The number of rotatable bonds is 1. The maximum absolute atomic E-state index is 4.65. The van der Waals surface area contributed by atoms with Gasteiger partial charge in [-0.1, -0.05) is 30.3 Å². The SMILES string of the molecule is c1ccc(-c2nc3c(ccc4nccnc43)[nH]2)cc1. The van der Waals surface area contributed by atoms with Crippen LogP contribution in [0, 0.1) is 0 Å². The van der Waals surface area contributed by atoms with Crippen LogP contribution in [0.4, 0.5) is 0 Å². The molecule has 0 spiro atoms. The van der Waals surface area contributed by atoms with Crippen LogP contribution in [0.5, 0.6) is 0 Å². The molecular formula is C15H10N4. The highest BCUT2D eigenvalue weighted by molar-refractivity contribution is 6.00. The molecule has 2 aromatic carbocycles. The molecule has 0 atom stereocenters. The van der Waals surface area contributed by atoms with Crippen LogP contribution >= 0.6 is 0 Å². The van der Waals surface area contributed by atoms with E-state index in [-0.39, 0.29) is 0 Å². The Hall–Kier alpha value is -2.75. The van der Waals surface area contributed by atoms with E-state index in [2.05, 4.69) is 19.9 Å². The standard InChI is InChI=1S/C15H10N4/c1-2-4-10(5-3-1)15-18-12-7-6-11-13(14(12)19-15)17-9-8-16-11/h1-9H,(H,18,19). The van der Waals surface area contributed by atoms with E-state index in [1.807, 2.05) is 42.5 Å². The van der Waals surface area contributed by atoms with Crippen molar-refractivity contribution in [3.8, 4) is 11.4 Å². The fraction of sp³-hybridized carbons (Fsp3) is 0. The Morgan fingerprint density at radius 2 is 1.63 bits per heavy atom. The van der Waals surface area contributed by atoms with Gasteiger partial charge in [0, 0.05) is 18.0 Å². The Labute approximate surface area is 109 Å². The average molecular weight is 246 g/mol. The van der Waals surface area contributed by atoms with Gasteiger partial charge in [0.15, 0.2) is 0 Å². The number of fused-ring (bicyclic) bond motifs is 3. The fourth-order valence-electron chi connectivity index (χ4n) is 2.24. The summed E-state index contributed by atoms with van der Waals surface area (Å²) in [5.41, 5.74) is 4.60. The molecule has 19 heavy (non-hydrogen) atoms. The molecule has 0 unspecified atom stereocenters. The molecule has 0 fully saturated rings. The third-order valence-electron chi connectivity index (χ3n) is 3.14. The minimum absolute atomic E-state index is 0.832. The van der Waals surface area contributed by atoms with Gasteiger partial charge in [-0.15, -0.1) is 0 Å². The normalized spacial score (nSPS) is 11.2. The van der Waals surface area contributed by atoms with Crippen LogP contribution in [-0.2, 0) is 0 Å². The molecule has 4 aromatic rings. The first kappa shape index (κ1) is 10.2. The average Bonchev–Trinajstić information content (AvgIpc) is 2.93. The zero-order valence-corrected chi connectivity index (χ0v) is 10.0. The van der Waals surface area contributed by atoms with Crippen molar-refractivity contribution in [2.24, 2.45) is 0 Å². The molecule has 0 aliphatic rings. The quantitative estimate of drug-likeness (QED) is 0.561.